The molecule has 0 unspecified atom stereocenters. The summed E-state index contributed by atoms with van der Waals surface area (Å²) in [6.07, 6.45) is 1.71. The van der Waals surface area contributed by atoms with Crippen molar-refractivity contribution in [2.45, 2.75) is 0 Å². The van der Waals surface area contributed by atoms with Gasteiger partial charge in [0, 0.05) is 5.56 Å². The molecule has 5 heteroatoms. The van der Waals surface area contributed by atoms with Crippen LogP contribution < -0.4 is 0 Å². The van der Waals surface area contributed by atoms with Gasteiger partial charge in [-0.15, -0.1) is 0 Å². The van der Waals surface area contributed by atoms with Gasteiger partial charge in [-0.25, -0.2) is 9.79 Å². The summed E-state index contributed by atoms with van der Waals surface area (Å²) < 4.78 is 5.26. The Kier molecular flexibility index (Phi) is 4.04. The highest BCUT2D eigenvalue weighted by atomic mass is 35.5. The van der Waals surface area contributed by atoms with E-state index in [4.69, 9.17) is 27.9 Å². The van der Waals surface area contributed by atoms with Gasteiger partial charge in [0.25, 0.3) is 0 Å². The number of halogens is 2. The summed E-state index contributed by atoms with van der Waals surface area (Å²) in [6, 6.07) is 18.9. The van der Waals surface area contributed by atoms with Crippen molar-refractivity contribution >= 4 is 51.9 Å². The third-order valence-corrected chi connectivity index (χ3v) is 4.60. The van der Waals surface area contributed by atoms with Gasteiger partial charge in [-0.2, -0.15) is 0 Å². The van der Waals surface area contributed by atoms with E-state index in [0.717, 1.165) is 16.3 Å². The van der Waals surface area contributed by atoms with Gasteiger partial charge >= 0.3 is 5.97 Å². The molecule has 3 nitrogen and oxygen atoms in total. The van der Waals surface area contributed by atoms with E-state index in [0.29, 0.717) is 15.6 Å². The van der Waals surface area contributed by atoms with Crippen LogP contribution in [-0.4, -0.2) is 11.9 Å². The summed E-state index contributed by atoms with van der Waals surface area (Å²) in [4.78, 5) is 16.4. The number of ether oxygens (including phenoxy) is 1. The number of hydrogen-bond acceptors (Lipinski definition) is 3. The number of carbonyl (C=O) groups excluding carboxylic acids is 1. The Morgan fingerprint density at radius 1 is 0.880 bits per heavy atom. The summed E-state index contributed by atoms with van der Waals surface area (Å²) in [5, 5.41) is 3.04. The molecule has 0 bridgehead atoms. The van der Waals surface area contributed by atoms with Gasteiger partial charge in [-0.3, -0.25) is 0 Å². The maximum Gasteiger partial charge on any atom is 0.363 e. The fraction of sp³-hybridized carbons (Fsp3) is 0. The van der Waals surface area contributed by atoms with Crippen molar-refractivity contribution in [1.29, 1.82) is 0 Å². The molecule has 122 valence electrons. The molecule has 1 aliphatic heterocycles. The third-order valence-electron chi connectivity index (χ3n) is 3.86. The van der Waals surface area contributed by atoms with E-state index < -0.39 is 5.97 Å². The molecular formula is C20H11Cl2NO2. The highest BCUT2D eigenvalue weighted by Gasteiger charge is 2.24. The van der Waals surface area contributed by atoms with Crippen molar-refractivity contribution in [2.75, 3.05) is 0 Å². The maximum atomic E-state index is 12.1. The molecule has 25 heavy (non-hydrogen) atoms. The van der Waals surface area contributed by atoms with Gasteiger partial charge < -0.3 is 4.74 Å². The minimum absolute atomic E-state index is 0.218. The average Bonchev–Trinajstić information content (AvgIpc) is 2.98. The predicted octanol–water partition coefficient (Wildman–Crippen LogP) is 5.49. The zero-order chi connectivity index (χ0) is 17.4. The molecule has 0 saturated heterocycles. The number of carbonyl (C=O) groups is 1. The van der Waals surface area contributed by atoms with Crippen molar-refractivity contribution in [3.8, 4) is 0 Å². The Balaban J connectivity index is 1.71. The highest BCUT2D eigenvalue weighted by Crippen LogP contribution is 2.26. The van der Waals surface area contributed by atoms with Gasteiger partial charge in [0.2, 0.25) is 5.90 Å². The van der Waals surface area contributed by atoms with Crippen LogP contribution in [0, 0.1) is 0 Å². The number of fused-ring (bicyclic) bond motifs is 1. The smallest absolute Gasteiger partial charge is 0.363 e. The van der Waals surface area contributed by atoms with Crippen LogP contribution in [0.2, 0.25) is 10.0 Å². The topological polar surface area (TPSA) is 38.7 Å². The highest BCUT2D eigenvalue weighted by molar-refractivity contribution is 6.42. The molecule has 0 aromatic heterocycles. The Morgan fingerprint density at radius 3 is 2.48 bits per heavy atom. The summed E-state index contributed by atoms with van der Waals surface area (Å²) >= 11 is 11.9. The summed E-state index contributed by atoms with van der Waals surface area (Å²) in [7, 11) is 0. The van der Waals surface area contributed by atoms with Crippen molar-refractivity contribution < 1.29 is 9.53 Å². The minimum atomic E-state index is -0.491. The first-order valence-corrected chi connectivity index (χ1v) is 8.32. The molecule has 0 spiro atoms. The SMILES string of the molecule is O=C1OC(c2ccc(Cl)c(Cl)c2)=N/C1=C\c1ccc2ccccc2c1. The second-order valence-electron chi connectivity index (χ2n) is 5.57. The second-order valence-corrected chi connectivity index (χ2v) is 6.39. The van der Waals surface area contributed by atoms with Crippen LogP contribution in [0.1, 0.15) is 11.1 Å². The Hall–Kier alpha value is -2.62. The molecule has 1 heterocycles. The quantitative estimate of drug-likeness (QED) is 0.443. The molecule has 0 saturated carbocycles. The molecule has 0 aliphatic carbocycles. The zero-order valence-electron chi connectivity index (χ0n) is 12.9. The van der Waals surface area contributed by atoms with Crippen molar-refractivity contribution in [3.63, 3.8) is 0 Å². The average molecular weight is 368 g/mol. The molecule has 4 rings (SSSR count). The number of esters is 1. The first kappa shape index (κ1) is 15.9. The largest absolute Gasteiger partial charge is 0.402 e. The van der Waals surface area contributed by atoms with Gasteiger partial charge in [-0.1, -0.05) is 59.6 Å². The van der Waals surface area contributed by atoms with Gasteiger partial charge in [0.1, 0.15) is 0 Å². The van der Waals surface area contributed by atoms with Crippen LogP contribution in [0.25, 0.3) is 16.8 Å². The number of aliphatic imine (C=N–C) groups is 1. The van der Waals surface area contributed by atoms with Crippen LogP contribution in [-0.2, 0) is 9.53 Å². The van der Waals surface area contributed by atoms with E-state index in [1.807, 2.05) is 42.5 Å². The second kappa shape index (κ2) is 6.36. The molecule has 0 fully saturated rings. The van der Waals surface area contributed by atoms with Crippen LogP contribution >= 0.6 is 23.2 Å². The molecule has 0 atom stereocenters. The number of cyclic esters (lactones) is 1. The van der Waals surface area contributed by atoms with E-state index >= 15 is 0 Å². The fourth-order valence-electron chi connectivity index (χ4n) is 2.62. The first-order valence-electron chi connectivity index (χ1n) is 7.57. The number of benzene rings is 3. The normalized spacial score (nSPS) is 15.5. The standard InChI is InChI=1S/C20H11Cl2NO2/c21-16-8-7-15(11-17(16)22)19-23-18(20(24)25-19)10-12-5-6-13-3-1-2-4-14(13)9-12/h1-11H/b18-10-. The lowest BCUT2D eigenvalue weighted by Gasteiger charge is -2.01. The summed E-state index contributed by atoms with van der Waals surface area (Å²) in [5.41, 5.74) is 1.73. The van der Waals surface area contributed by atoms with E-state index in [-0.39, 0.29) is 11.6 Å². The molecule has 3 aromatic rings. The van der Waals surface area contributed by atoms with E-state index in [9.17, 15) is 4.79 Å². The molecule has 0 radical (unpaired) electrons. The predicted molar refractivity (Wildman–Crippen MR) is 101 cm³/mol. The van der Waals surface area contributed by atoms with Crippen LogP contribution in [0.4, 0.5) is 0 Å². The third kappa shape index (κ3) is 3.16. The zero-order valence-corrected chi connectivity index (χ0v) is 14.4. The molecular weight excluding hydrogens is 357 g/mol. The first-order chi connectivity index (χ1) is 12.1. The maximum absolute atomic E-state index is 12.1. The number of rotatable bonds is 2. The fourth-order valence-corrected chi connectivity index (χ4v) is 2.92. The van der Waals surface area contributed by atoms with Gasteiger partial charge in [-0.05, 0) is 46.7 Å². The Labute approximate surface area is 154 Å². The lowest BCUT2D eigenvalue weighted by Crippen LogP contribution is -2.05. The molecule has 3 aromatic carbocycles. The Bertz CT molecular complexity index is 1070. The lowest BCUT2D eigenvalue weighted by atomic mass is 10.1. The number of nitrogens with zero attached hydrogens (tertiary/aromatic N) is 1. The minimum Gasteiger partial charge on any atom is -0.402 e. The summed E-state index contributed by atoms with van der Waals surface area (Å²) in [5.74, 6) is -0.273. The lowest BCUT2D eigenvalue weighted by molar-refractivity contribution is -0.129. The monoisotopic (exact) mass is 367 g/mol. The van der Waals surface area contributed by atoms with Gasteiger partial charge in [0.15, 0.2) is 5.70 Å². The van der Waals surface area contributed by atoms with Crippen molar-refractivity contribution in [1.82, 2.24) is 0 Å². The van der Waals surface area contributed by atoms with Gasteiger partial charge in [0.05, 0.1) is 10.0 Å². The van der Waals surface area contributed by atoms with E-state index in [1.165, 1.54) is 0 Å². The molecule has 1 aliphatic rings. The summed E-state index contributed by atoms with van der Waals surface area (Å²) in [6.45, 7) is 0. The molecule has 0 amide bonds. The van der Waals surface area contributed by atoms with E-state index in [2.05, 4.69) is 4.99 Å². The van der Waals surface area contributed by atoms with Crippen LogP contribution in [0.5, 0.6) is 0 Å². The Morgan fingerprint density at radius 2 is 1.68 bits per heavy atom. The molecule has 0 N–H and O–H groups in total. The van der Waals surface area contributed by atoms with Crippen LogP contribution in [0.3, 0.4) is 0 Å². The van der Waals surface area contributed by atoms with Crippen molar-refractivity contribution in [3.05, 3.63) is 87.5 Å². The number of hydrogen-bond donors (Lipinski definition) is 0. The van der Waals surface area contributed by atoms with Crippen LogP contribution in [0.15, 0.2) is 71.4 Å². The van der Waals surface area contributed by atoms with E-state index in [1.54, 1.807) is 24.3 Å². The van der Waals surface area contributed by atoms with Crippen molar-refractivity contribution in [2.24, 2.45) is 4.99 Å².